The lowest BCUT2D eigenvalue weighted by Crippen LogP contribution is -2.43. The summed E-state index contributed by atoms with van der Waals surface area (Å²) < 4.78 is 27.4. The summed E-state index contributed by atoms with van der Waals surface area (Å²) in [6, 6.07) is 6.71. The molecule has 1 aromatic heterocycles. The summed E-state index contributed by atoms with van der Waals surface area (Å²) in [5.74, 6) is -0.796. The van der Waals surface area contributed by atoms with Gasteiger partial charge in [0.2, 0.25) is 15.9 Å². The average molecular weight is 404 g/mol. The highest BCUT2D eigenvalue weighted by Crippen LogP contribution is 2.27. The van der Waals surface area contributed by atoms with Crippen molar-refractivity contribution in [1.82, 2.24) is 14.5 Å². The van der Waals surface area contributed by atoms with E-state index in [9.17, 15) is 18.0 Å². The van der Waals surface area contributed by atoms with Crippen LogP contribution in [-0.4, -0.2) is 47.7 Å². The molecular weight excluding hydrogens is 380 g/mol. The predicted molar refractivity (Wildman–Crippen MR) is 105 cm³/mol. The van der Waals surface area contributed by atoms with E-state index in [1.54, 1.807) is 38.1 Å². The first kappa shape index (κ1) is 20.2. The SMILES string of the molecule is CC(=O)c1cccc(NC(=O)C2CCCN(S(=O)(=O)c3c(C)n[nH]c3C)C2)c1. The molecule has 9 heteroatoms. The summed E-state index contributed by atoms with van der Waals surface area (Å²) in [5, 5.41) is 9.48. The number of amides is 1. The topological polar surface area (TPSA) is 112 Å². The fourth-order valence-electron chi connectivity index (χ4n) is 3.48. The maximum Gasteiger partial charge on any atom is 0.246 e. The number of aryl methyl sites for hydroxylation is 2. The number of benzene rings is 1. The molecule has 3 rings (SSSR count). The summed E-state index contributed by atoms with van der Waals surface area (Å²) in [6.45, 7) is 5.26. The zero-order chi connectivity index (χ0) is 20.5. The Morgan fingerprint density at radius 1 is 1.29 bits per heavy atom. The molecule has 1 fully saturated rings. The molecule has 1 aliphatic heterocycles. The normalized spacial score (nSPS) is 18.0. The number of anilines is 1. The van der Waals surface area contributed by atoms with Crippen molar-refractivity contribution in [1.29, 1.82) is 0 Å². The molecular formula is C19H24N4O4S. The first-order valence-electron chi connectivity index (χ1n) is 9.13. The Morgan fingerprint density at radius 3 is 2.68 bits per heavy atom. The molecule has 2 heterocycles. The van der Waals surface area contributed by atoms with Crippen LogP contribution in [0, 0.1) is 19.8 Å². The van der Waals surface area contributed by atoms with Gasteiger partial charge in [-0.25, -0.2) is 8.42 Å². The Kier molecular flexibility index (Phi) is 5.66. The lowest BCUT2D eigenvalue weighted by molar-refractivity contribution is -0.120. The predicted octanol–water partition coefficient (Wildman–Crippen LogP) is 2.27. The molecule has 1 aliphatic rings. The molecule has 0 saturated carbocycles. The van der Waals surface area contributed by atoms with Gasteiger partial charge in [-0.15, -0.1) is 0 Å². The number of sulfonamides is 1. The summed E-state index contributed by atoms with van der Waals surface area (Å²) in [6.07, 6.45) is 1.20. The number of aromatic amines is 1. The minimum absolute atomic E-state index is 0.0862. The minimum Gasteiger partial charge on any atom is -0.326 e. The zero-order valence-electron chi connectivity index (χ0n) is 16.2. The Hall–Kier alpha value is -2.52. The van der Waals surface area contributed by atoms with E-state index in [-0.39, 0.29) is 23.1 Å². The number of nitrogens with one attached hydrogen (secondary N) is 2. The lowest BCUT2D eigenvalue weighted by Gasteiger charge is -2.31. The molecule has 28 heavy (non-hydrogen) atoms. The zero-order valence-corrected chi connectivity index (χ0v) is 17.0. The van der Waals surface area contributed by atoms with Crippen LogP contribution in [0.25, 0.3) is 0 Å². The maximum absolute atomic E-state index is 13.0. The van der Waals surface area contributed by atoms with Gasteiger partial charge in [-0.05, 0) is 45.7 Å². The Bertz CT molecular complexity index is 993. The molecule has 8 nitrogen and oxygen atoms in total. The fourth-order valence-corrected chi connectivity index (χ4v) is 5.34. The number of Topliss-reactive ketones (excluding diaryl/α,β-unsaturated/α-hetero) is 1. The van der Waals surface area contributed by atoms with Crippen LogP contribution in [-0.2, 0) is 14.8 Å². The smallest absolute Gasteiger partial charge is 0.246 e. The van der Waals surface area contributed by atoms with Gasteiger partial charge in [-0.2, -0.15) is 9.40 Å². The van der Waals surface area contributed by atoms with Gasteiger partial charge in [-0.1, -0.05) is 12.1 Å². The summed E-state index contributed by atoms with van der Waals surface area (Å²) in [4.78, 5) is 24.4. The largest absolute Gasteiger partial charge is 0.326 e. The Morgan fingerprint density at radius 2 is 2.04 bits per heavy atom. The van der Waals surface area contributed by atoms with Crippen molar-refractivity contribution in [3.8, 4) is 0 Å². The third kappa shape index (κ3) is 4.00. The highest BCUT2D eigenvalue weighted by molar-refractivity contribution is 7.89. The molecule has 1 saturated heterocycles. The standard InChI is InChI=1S/C19H24N4O4S/c1-12-18(13(2)22-21-12)28(26,27)23-9-5-7-16(11-23)19(25)20-17-8-4-6-15(10-17)14(3)24/h4,6,8,10,16H,5,7,9,11H2,1-3H3,(H,20,25)(H,21,22). The van der Waals surface area contributed by atoms with E-state index in [1.807, 2.05) is 0 Å². The first-order chi connectivity index (χ1) is 13.2. The van der Waals surface area contributed by atoms with Crippen LogP contribution in [0.5, 0.6) is 0 Å². The molecule has 1 aromatic carbocycles. The number of aromatic nitrogens is 2. The van der Waals surface area contributed by atoms with Crippen molar-refractivity contribution in [2.75, 3.05) is 18.4 Å². The van der Waals surface area contributed by atoms with E-state index >= 15 is 0 Å². The van der Waals surface area contributed by atoms with Crippen LogP contribution in [0.3, 0.4) is 0 Å². The number of carbonyl (C=O) groups excluding carboxylic acids is 2. The van der Waals surface area contributed by atoms with E-state index in [4.69, 9.17) is 0 Å². The molecule has 0 radical (unpaired) electrons. The summed E-state index contributed by atoms with van der Waals surface area (Å²) in [7, 11) is -3.72. The van der Waals surface area contributed by atoms with E-state index in [2.05, 4.69) is 15.5 Å². The van der Waals surface area contributed by atoms with Gasteiger partial charge in [0.15, 0.2) is 5.78 Å². The Balaban J connectivity index is 1.75. The van der Waals surface area contributed by atoms with Crippen molar-refractivity contribution >= 4 is 27.4 Å². The number of nitrogens with zero attached hydrogens (tertiary/aromatic N) is 2. The second kappa shape index (κ2) is 7.84. The van der Waals surface area contributed by atoms with Crippen LogP contribution in [0.1, 0.15) is 41.5 Å². The van der Waals surface area contributed by atoms with Crippen molar-refractivity contribution in [2.45, 2.75) is 38.5 Å². The molecule has 2 aromatic rings. The monoisotopic (exact) mass is 404 g/mol. The van der Waals surface area contributed by atoms with Gasteiger partial charge in [0, 0.05) is 24.3 Å². The number of ketones is 1. The molecule has 150 valence electrons. The third-order valence-electron chi connectivity index (χ3n) is 4.95. The van der Waals surface area contributed by atoms with Crippen LogP contribution in [0.4, 0.5) is 5.69 Å². The highest BCUT2D eigenvalue weighted by atomic mass is 32.2. The molecule has 1 atom stereocenters. The minimum atomic E-state index is -3.72. The van der Waals surface area contributed by atoms with Crippen LogP contribution < -0.4 is 5.32 Å². The van der Waals surface area contributed by atoms with E-state index < -0.39 is 15.9 Å². The number of carbonyl (C=O) groups is 2. The second-order valence-electron chi connectivity index (χ2n) is 7.09. The van der Waals surface area contributed by atoms with Gasteiger partial charge in [0.25, 0.3) is 0 Å². The molecule has 0 aliphatic carbocycles. The lowest BCUT2D eigenvalue weighted by atomic mass is 9.98. The number of hydrogen-bond donors (Lipinski definition) is 2. The van der Waals surface area contributed by atoms with E-state index in [0.29, 0.717) is 42.0 Å². The number of hydrogen-bond acceptors (Lipinski definition) is 5. The highest BCUT2D eigenvalue weighted by Gasteiger charge is 2.35. The molecule has 2 N–H and O–H groups in total. The van der Waals surface area contributed by atoms with Crippen molar-refractivity contribution in [2.24, 2.45) is 5.92 Å². The van der Waals surface area contributed by atoms with Gasteiger partial charge in [0.1, 0.15) is 4.90 Å². The average Bonchev–Trinajstić information content (AvgIpc) is 3.01. The number of piperidine rings is 1. The fraction of sp³-hybridized carbons (Fsp3) is 0.421. The van der Waals surface area contributed by atoms with Gasteiger partial charge in [-0.3, -0.25) is 14.7 Å². The van der Waals surface area contributed by atoms with Crippen molar-refractivity contribution in [3.63, 3.8) is 0 Å². The van der Waals surface area contributed by atoms with Crippen LogP contribution in [0.2, 0.25) is 0 Å². The van der Waals surface area contributed by atoms with Crippen molar-refractivity contribution in [3.05, 3.63) is 41.2 Å². The van der Waals surface area contributed by atoms with E-state index in [1.165, 1.54) is 11.2 Å². The first-order valence-corrected chi connectivity index (χ1v) is 10.6. The van der Waals surface area contributed by atoms with Crippen molar-refractivity contribution < 1.29 is 18.0 Å². The van der Waals surface area contributed by atoms with Crippen LogP contribution >= 0.6 is 0 Å². The number of H-pyrrole nitrogens is 1. The summed E-state index contributed by atoms with van der Waals surface area (Å²) in [5.41, 5.74) is 1.95. The second-order valence-corrected chi connectivity index (χ2v) is 8.97. The van der Waals surface area contributed by atoms with Gasteiger partial charge >= 0.3 is 0 Å². The van der Waals surface area contributed by atoms with Crippen LogP contribution in [0.15, 0.2) is 29.2 Å². The quantitative estimate of drug-likeness (QED) is 0.743. The molecule has 0 bridgehead atoms. The van der Waals surface area contributed by atoms with Gasteiger partial charge in [0.05, 0.1) is 17.3 Å². The third-order valence-corrected chi connectivity index (χ3v) is 7.08. The maximum atomic E-state index is 13.0. The molecule has 1 unspecified atom stereocenters. The molecule has 1 amide bonds. The number of rotatable bonds is 5. The molecule has 0 spiro atoms. The summed E-state index contributed by atoms with van der Waals surface area (Å²) >= 11 is 0. The Labute approximate surface area is 164 Å². The van der Waals surface area contributed by atoms with E-state index in [0.717, 1.165) is 0 Å². The van der Waals surface area contributed by atoms with Gasteiger partial charge < -0.3 is 5.32 Å².